The number of nitrogen functional groups attached to an aromatic ring is 1. The van der Waals surface area contributed by atoms with Gasteiger partial charge in [0.1, 0.15) is 6.54 Å². The second kappa shape index (κ2) is 4.37. The minimum Gasteiger partial charge on any atom is -0.399 e. The van der Waals surface area contributed by atoms with Gasteiger partial charge < -0.3 is 15.6 Å². The van der Waals surface area contributed by atoms with Gasteiger partial charge in [0.2, 0.25) is 5.91 Å². The maximum Gasteiger partial charge on any atom is 0.240 e. The van der Waals surface area contributed by atoms with Crippen molar-refractivity contribution in [1.29, 1.82) is 0 Å². The number of benzene rings is 1. The van der Waals surface area contributed by atoms with Crippen LogP contribution in [0, 0.1) is 0 Å². The van der Waals surface area contributed by atoms with Crippen molar-refractivity contribution in [3.05, 3.63) is 30.5 Å². The molecule has 0 atom stereocenters. The van der Waals surface area contributed by atoms with E-state index in [1.165, 1.54) is 0 Å². The summed E-state index contributed by atoms with van der Waals surface area (Å²) in [6.07, 6.45) is 1.91. The summed E-state index contributed by atoms with van der Waals surface area (Å²) < 4.78 is 1.91. The smallest absolute Gasteiger partial charge is 0.240 e. The van der Waals surface area contributed by atoms with E-state index in [0.29, 0.717) is 12.2 Å². The van der Waals surface area contributed by atoms with Crippen molar-refractivity contribution >= 4 is 22.5 Å². The number of nitrogens with two attached hydrogens (primary N) is 1. The first-order valence-electron chi connectivity index (χ1n) is 6.00. The molecular formula is C14H19N3O. The monoisotopic (exact) mass is 245 g/mol. The van der Waals surface area contributed by atoms with E-state index in [-0.39, 0.29) is 11.4 Å². The Morgan fingerprint density at radius 2 is 2.06 bits per heavy atom. The van der Waals surface area contributed by atoms with E-state index in [4.69, 9.17) is 5.73 Å². The van der Waals surface area contributed by atoms with Crippen LogP contribution in [-0.4, -0.2) is 16.0 Å². The van der Waals surface area contributed by atoms with Gasteiger partial charge in [-0.1, -0.05) is 6.07 Å². The van der Waals surface area contributed by atoms with E-state index in [9.17, 15) is 4.79 Å². The Morgan fingerprint density at radius 3 is 2.72 bits per heavy atom. The lowest BCUT2D eigenvalue weighted by Crippen LogP contribution is -2.42. The molecule has 2 aromatic rings. The summed E-state index contributed by atoms with van der Waals surface area (Å²) in [5.41, 5.74) is 7.25. The largest absolute Gasteiger partial charge is 0.399 e. The van der Waals surface area contributed by atoms with Crippen LogP contribution in [-0.2, 0) is 11.3 Å². The highest BCUT2D eigenvalue weighted by molar-refractivity contribution is 5.85. The lowest BCUT2D eigenvalue weighted by Gasteiger charge is -2.20. The number of aromatic nitrogens is 1. The molecule has 0 saturated heterocycles. The van der Waals surface area contributed by atoms with Crippen LogP contribution in [0.3, 0.4) is 0 Å². The first kappa shape index (κ1) is 12.5. The van der Waals surface area contributed by atoms with Crippen LogP contribution in [0.15, 0.2) is 30.5 Å². The first-order chi connectivity index (χ1) is 8.35. The number of fused-ring (bicyclic) bond motifs is 1. The summed E-state index contributed by atoms with van der Waals surface area (Å²) in [5, 5.41) is 4.04. The number of hydrogen-bond acceptors (Lipinski definition) is 2. The van der Waals surface area contributed by atoms with Gasteiger partial charge >= 0.3 is 0 Å². The molecule has 3 N–H and O–H groups in total. The molecule has 0 fully saturated rings. The van der Waals surface area contributed by atoms with E-state index >= 15 is 0 Å². The Hall–Kier alpha value is -1.97. The molecule has 0 aliphatic carbocycles. The molecule has 0 bridgehead atoms. The number of nitrogens with one attached hydrogen (secondary N) is 1. The molecule has 0 saturated carbocycles. The quantitative estimate of drug-likeness (QED) is 0.796. The number of rotatable bonds is 2. The average Bonchev–Trinajstić information content (AvgIpc) is 2.58. The predicted molar refractivity (Wildman–Crippen MR) is 74.2 cm³/mol. The summed E-state index contributed by atoms with van der Waals surface area (Å²) in [5.74, 6) is 0.00224. The van der Waals surface area contributed by atoms with Crippen molar-refractivity contribution in [3.63, 3.8) is 0 Å². The molecule has 0 unspecified atom stereocenters. The Morgan fingerprint density at radius 1 is 1.33 bits per heavy atom. The van der Waals surface area contributed by atoms with Crippen molar-refractivity contribution in [2.75, 3.05) is 5.73 Å². The van der Waals surface area contributed by atoms with Gasteiger partial charge in [0.05, 0.1) is 5.52 Å². The lowest BCUT2D eigenvalue weighted by atomic mass is 10.1. The van der Waals surface area contributed by atoms with Crippen molar-refractivity contribution in [3.8, 4) is 0 Å². The molecule has 1 amide bonds. The van der Waals surface area contributed by atoms with Gasteiger partial charge in [-0.2, -0.15) is 0 Å². The number of anilines is 1. The Kier molecular flexibility index (Phi) is 3.03. The highest BCUT2D eigenvalue weighted by Crippen LogP contribution is 2.18. The molecule has 0 spiro atoms. The molecular weight excluding hydrogens is 226 g/mol. The molecule has 0 radical (unpaired) electrons. The summed E-state index contributed by atoms with van der Waals surface area (Å²) in [6, 6.07) is 7.70. The Bertz CT molecular complexity index is 578. The zero-order valence-corrected chi connectivity index (χ0v) is 11.0. The Balaban J connectivity index is 2.22. The van der Waals surface area contributed by atoms with Crippen molar-refractivity contribution in [2.24, 2.45) is 0 Å². The van der Waals surface area contributed by atoms with Gasteiger partial charge in [-0.3, -0.25) is 4.79 Å². The minimum atomic E-state index is -0.209. The summed E-state index contributed by atoms with van der Waals surface area (Å²) in [7, 11) is 0. The summed E-state index contributed by atoms with van der Waals surface area (Å²) >= 11 is 0. The third-order valence-electron chi connectivity index (χ3n) is 2.63. The third kappa shape index (κ3) is 2.83. The zero-order chi connectivity index (χ0) is 13.3. The Labute approximate surface area is 107 Å². The molecule has 1 aromatic carbocycles. The first-order valence-corrected chi connectivity index (χ1v) is 6.00. The predicted octanol–water partition coefficient (Wildman–Crippen LogP) is 2.14. The van der Waals surface area contributed by atoms with Crippen LogP contribution >= 0.6 is 0 Å². The molecule has 96 valence electrons. The number of nitrogens with zero attached hydrogens (tertiary/aromatic N) is 1. The molecule has 1 aromatic heterocycles. The van der Waals surface area contributed by atoms with E-state index in [1.54, 1.807) is 0 Å². The van der Waals surface area contributed by atoms with Crippen LogP contribution in [0.4, 0.5) is 5.69 Å². The molecule has 0 aliphatic rings. The summed E-state index contributed by atoms with van der Waals surface area (Å²) in [4.78, 5) is 11.9. The second-order valence-electron chi connectivity index (χ2n) is 5.56. The topological polar surface area (TPSA) is 60.0 Å². The maximum absolute atomic E-state index is 11.9. The fourth-order valence-corrected chi connectivity index (χ4v) is 1.95. The lowest BCUT2D eigenvalue weighted by molar-refractivity contribution is -0.123. The highest BCUT2D eigenvalue weighted by Gasteiger charge is 2.14. The maximum atomic E-state index is 11.9. The molecule has 4 heteroatoms. The van der Waals surface area contributed by atoms with E-state index < -0.39 is 0 Å². The molecule has 18 heavy (non-hydrogen) atoms. The number of hydrogen-bond donors (Lipinski definition) is 2. The summed E-state index contributed by atoms with van der Waals surface area (Å²) in [6.45, 7) is 6.22. The molecule has 0 aliphatic heterocycles. The minimum absolute atomic E-state index is 0.00224. The van der Waals surface area contributed by atoms with Gasteiger partial charge in [0, 0.05) is 17.4 Å². The molecule has 4 nitrogen and oxygen atoms in total. The number of carbonyl (C=O) groups excluding carboxylic acids is 1. The van der Waals surface area contributed by atoms with Crippen molar-refractivity contribution in [1.82, 2.24) is 9.88 Å². The van der Waals surface area contributed by atoms with Gasteiger partial charge in [-0.15, -0.1) is 0 Å². The van der Waals surface area contributed by atoms with E-state index in [1.807, 2.05) is 55.8 Å². The van der Waals surface area contributed by atoms with E-state index in [0.717, 1.165) is 10.9 Å². The van der Waals surface area contributed by atoms with Gasteiger partial charge in [0.25, 0.3) is 0 Å². The fraction of sp³-hybridized carbons (Fsp3) is 0.357. The fourth-order valence-electron chi connectivity index (χ4n) is 1.95. The SMILES string of the molecule is CC(C)(C)NC(=O)Cn1ccc2ccc(N)cc21. The van der Waals surface area contributed by atoms with Gasteiger partial charge in [-0.05, 0) is 44.4 Å². The van der Waals surface area contributed by atoms with Crippen LogP contribution in [0.1, 0.15) is 20.8 Å². The van der Waals surface area contributed by atoms with E-state index in [2.05, 4.69) is 5.32 Å². The second-order valence-corrected chi connectivity index (χ2v) is 5.56. The number of amides is 1. The standard InChI is InChI=1S/C14H19N3O/c1-14(2,3)16-13(18)9-17-7-6-10-4-5-11(15)8-12(10)17/h4-8H,9,15H2,1-3H3,(H,16,18). The van der Waals surface area contributed by atoms with Gasteiger partial charge in [0.15, 0.2) is 0 Å². The van der Waals surface area contributed by atoms with Crippen LogP contribution in [0.2, 0.25) is 0 Å². The normalized spacial score (nSPS) is 11.7. The average molecular weight is 245 g/mol. The molecule has 2 rings (SSSR count). The van der Waals surface area contributed by atoms with Gasteiger partial charge in [-0.25, -0.2) is 0 Å². The van der Waals surface area contributed by atoms with Crippen LogP contribution in [0.25, 0.3) is 10.9 Å². The third-order valence-corrected chi connectivity index (χ3v) is 2.63. The zero-order valence-electron chi connectivity index (χ0n) is 11.0. The molecule has 1 heterocycles. The van der Waals surface area contributed by atoms with Crippen LogP contribution < -0.4 is 11.1 Å². The van der Waals surface area contributed by atoms with Crippen LogP contribution in [0.5, 0.6) is 0 Å². The van der Waals surface area contributed by atoms with Crippen molar-refractivity contribution < 1.29 is 4.79 Å². The van der Waals surface area contributed by atoms with Crippen molar-refractivity contribution in [2.45, 2.75) is 32.9 Å². The number of carbonyl (C=O) groups is 1. The highest BCUT2D eigenvalue weighted by atomic mass is 16.2.